The van der Waals surface area contributed by atoms with E-state index in [0.29, 0.717) is 6.61 Å². The van der Waals surface area contributed by atoms with E-state index in [1.807, 2.05) is 0 Å². The van der Waals surface area contributed by atoms with Crippen molar-refractivity contribution in [1.29, 1.82) is 0 Å². The summed E-state index contributed by atoms with van der Waals surface area (Å²) in [6.45, 7) is 0.407. The van der Waals surface area contributed by atoms with E-state index >= 15 is 0 Å². The maximum atomic E-state index is 6.64. The van der Waals surface area contributed by atoms with Crippen molar-refractivity contribution in [3.63, 3.8) is 0 Å². The van der Waals surface area contributed by atoms with Crippen LogP contribution in [0.4, 0.5) is 5.69 Å². The number of fused-ring (bicyclic) bond motifs is 13. The first-order valence-corrected chi connectivity index (χ1v) is 19.3. The normalized spacial score (nSPS) is 12.7. The fourth-order valence-corrected chi connectivity index (χ4v) is 8.80. The third-order valence-corrected chi connectivity index (χ3v) is 11.6. The molecule has 1 aliphatic rings. The average molecular weight is 729 g/mol. The molecule has 57 heavy (non-hydrogen) atoms. The summed E-state index contributed by atoms with van der Waals surface area (Å²) < 4.78 is 13.1. The summed E-state index contributed by atoms with van der Waals surface area (Å²) in [7, 11) is 0. The second kappa shape index (κ2) is 12.5. The molecule has 0 bridgehead atoms. The lowest BCUT2D eigenvalue weighted by atomic mass is 9.97. The van der Waals surface area contributed by atoms with Crippen molar-refractivity contribution in [3.05, 3.63) is 188 Å². The van der Waals surface area contributed by atoms with Gasteiger partial charge in [-0.2, -0.15) is 0 Å². The quantitative estimate of drug-likeness (QED) is 0.170. The monoisotopic (exact) mass is 728 g/mol. The predicted octanol–water partition coefficient (Wildman–Crippen LogP) is 14.1. The number of pyridine rings is 1. The molecule has 3 heterocycles. The molecule has 0 amide bonds. The van der Waals surface area contributed by atoms with Gasteiger partial charge in [-0.15, -0.1) is 0 Å². The first kappa shape index (κ1) is 31.8. The molecule has 4 heteroatoms. The third kappa shape index (κ3) is 5.01. The molecule has 0 atom stereocenters. The van der Waals surface area contributed by atoms with E-state index in [4.69, 9.17) is 19.1 Å². The van der Waals surface area contributed by atoms with Crippen LogP contribution in [0.3, 0.4) is 0 Å². The van der Waals surface area contributed by atoms with Crippen LogP contribution in [0, 0.1) is 0 Å². The number of hydrogen-bond donors (Lipinski definition) is 0. The van der Waals surface area contributed by atoms with Crippen LogP contribution in [-0.4, -0.2) is 17.3 Å². The topological polar surface area (TPSA) is 47.6 Å². The highest BCUT2D eigenvalue weighted by molar-refractivity contribution is 6.24. The zero-order chi connectivity index (χ0) is 37.5. The molecule has 0 N–H and O–H groups in total. The Morgan fingerprint density at radius 2 is 0.912 bits per heavy atom. The van der Waals surface area contributed by atoms with Gasteiger partial charge in [0.15, 0.2) is 5.75 Å². The maximum Gasteiger partial charge on any atom is 0.153 e. The minimum atomic E-state index is 0.407. The largest absolute Gasteiger partial charge is 0.484 e. The van der Waals surface area contributed by atoms with Gasteiger partial charge in [-0.25, -0.2) is 9.98 Å². The zero-order valence-corrected chi connectivity index (χ0v) is 30.7. The Morgan fingerprint density at radius 3 is 1.63 bits per heavy atom. The van der Waals surface area contributed by atoms with Gasteiger partial charge >= 0.3 is 0 Å². The highest BCUT2D eigenvalue weighted by Gasteiger charge is 2.22. The van der Waals surface area contributed by atoms with E-state index < -0.39 is 0 Å². The summed E-state index contributed by atoms with van der Waals surface area (Å²) in [5.41, 5.74) is 8.73. The van der Waals surface area contributed by atoms with Crippen LogP contribution in [0.25, 0.3) is 98.7 Å². The predicted molar refractivity (Wildman–Crippen MR) is 236 cm³/mol. The summed E-state index contributed by atoms with van der Waals surface area (Å²) in [5, 5.41) is 12.7. The van der Waals surface area contributed by atoms with Gasteiger partial charge in [0.25, 0.3) is 0 Å². The van der Waals surface area contributed by atoms with E-state index in [2.05, 4.69) is 182 Å². The molecule has 266 valence electrons. The van der Waals surface area contributed by atoms with Crippen LogP contribution in [0.5, 0.6) is 5.75 Å². The van der Waals surface area contributed by atoms with E-state index in [1.54, 1.807) is 0 Å². The lowest BCUT2D eigenvalue weighted by Gasteiger charge is -2.21. The summed E-state index contributed by atoms with van der Waals surface area (Å²) in [4.78, 5) is 10.5. The summed E-state index contributed by atoms with van der Waals surface area (Å²) >= 11 is 0. The average Bonchev–Trinajstić information content (AvgIpc) is 3.75. The molecule has 12 rings (SSSR count). The fourth-order valence-electron chi connectivity index (χ4n) is 8.80. The SMILES string of the molecule is c1ccc2c(-c3ccc(-c4cc5c6ccccc6c6ccccc6c5o4)cc3)nc(-c3ccc(C4=Nc5c(c6ccccc6c6ccccc56)OC4)cc3)cc2c1. The highest BCUT2D eigenvalue weighted by Crippen LogP contribution is 2.46. The van der Waals surface area contributed by atoms with Crippen LogP contribution in [0.2, 0.25) is 0 Å². The number of benzene rings is 9. The molecule has 0 fully saturated rings. The standard InChI is InChI=1S/C53H32N2O2/c1-2-12-37-36(11-1)29-47(32-21-23-33(24-22-32)48-31-56-53-45-20-10-7-16-41(45)39-14-5-8-18-43(39)51(53)55-48)54-50(37)35-27-25-34(26-28-35)49-30-46-42-17-4-3-13-38(42)40-15-6-9-19-44(40)52(46)57-49/h1-30H,31H2. The number of aromatic nitrogens is 1. The number of hydrogen-bond acceptors (Lipinski definition) is 4. The smallest absolute Gasteiger partial charge is 0.153 e. The van der Waals surface area contributed by atoms with Crippen LogP contribution in [0.15, 0.2) is 191 Å². The molecule has 0 saturated heterocycles. The van der Waals surface area contributed by atoms with Crippen molar-refractivity contribution < 1.29 is 9.15 Å². The fraction of sp³-hybridized carbons (Fsp3) is 0.0189. The molecular weight excluding hydrogens is 697 g/mol. The van der Waals surface area contributed by atoms with Crippen molar-refractivity contribution in [1.82, 2.24) is 4.98 Å². The molecule has 0 spiro atoms. The van der Waals surface area contributed by atoms with Gasteiger partial charge in [-0.1, -0.05) is 170 Å². The zero-order valence-electron chi connectivity index (χ0n) is 30.7. The van der Waals surface area contributed by atoms with E-state index in [0.717, 1.165) is 94.5 Å². The number of rotatable bonds is 4. The van der Waals surface area contributed by atoms with Crippen molar-refractivity contribution >= 4 is 76.2 Å². The van der Waals surface area contributed by atoms with Crippen molar-refractivity contribution in [2.45, 2.75) is 0 Å². The highest BCUT2D eigenvalue weighted by atomic mass is 16.5. The Bertz CT molecular complexity index is 3380. The Hall–Kier alpha value is -7.56. The van der Waals surface area contributed by atoms with Crippen LogP contribution < -0.4 is 4.74 Å². The molecule has 0 aliphatic carbocycles. The minimum absolute atomic E-state index is 0.407. The third-order valence-electron chi connectivity index (χ3n) is 11.6. The van der Waals surface area contributed by atoms with Gasteiger partial charge < -0.3 is 9.15 Å². The van der Waals surface area contributed by atoms with Crippen molar-refractivity contribution in [3.8, 4) is 39.6 Å². The van der Waals surface area contributed by atoms with Gasteiger partial charge in [0, 0.05) is 43.6 Å². The van der Waals surface area contributed by atoms with Crippen LogP contribution in [0.1, 0.15) is 5.56 Å². The molecule has 4 nitrogen and oxygen atoms in total. The summed E-state index contributed by atoms with van der Waals surface area (Å²) in [5.74, 6) is 1.70. The van der Waals surface area contributed by atoms with Gasteiger partial charge in [0.1, 0.15) is 23.6 Å². The molecule has 1 aliphatic heterocycles. The van der Waals surface area contributed by atoms with Crippen LogP contribution >= 0.6 is 0 Å². The molecular formula is C53H32N2O2. The molecule has 11 aromatic rings. The number of ether oxygens (including phenoxy) is 1. The van der Waals surface area contributed by atoms with E-state index in [9.17, 15) is 0 Å². The first-order chi connectivity index (χ1) is 28.2. The minimum Gasteiger partial charge on any atom is -0.484 e. The van der Waals surface area contributed by atoms with Gasteiger partial charge in [0.2, 0.25) is 0 Å². The Morgan fingerprint density at radius 1 is 0.404 bits per heavy atom. The Balaban J connectivity index is 0.906. The molecule has 2 aromatic heterocycles. The number of nitrogens with zero attached hydrogens (tertiary/aromatic N) is 2. The molecule has 9 aromatic carbocycles. The Labute approximate surface area is 327 Å². The second-order valence-corrected chi connectivity index (χ2v) is 14.8. The Kier molecular flexibility index (Phi) is 6.96. The summed E-state index contributed by atoms with van der Waals surface area (Å²) in [6, 6.07) is 64.0. The van der Waals surface area contributed by atoms with Crippen molar-refractivity contribution in [2.75, 3.05) is 6.61 Å². The molecule has 0 saturated carbocycles. The number of aliphatic imine (C=N–C) groups is 1. The van der Waals surface area contributed by atoms with E-state index in [-0.39, 0.29) is 0 Å². The van der Waals surface area contributed by atoms with Crippen molar-refractivity contribution in [2.24, 2.45) is 4.99 Å². The summed E-state index contributed by atoms with van der Waals surface area (Å²) in [6.07, 6.45) is 0. The lowest BCUT2D eigenvalue weighted by Crippen LogP contribution is -2.16. The van der Waals surface area contributed by atoms with Gasteiger partial charge in [-0.05, 0) is 50.0 Å². The first-order valence-electron chi connectivity index (χ1n) is 19.3. The van der Waals surface area contributed by atoms with Gasteiger partial charge in [0.05, 0.1) is 17.1 Å². The molecule has 0 unspecified atom stereocenters. The van der Waals surface area contributed by atoms with Gasteiger partial charge in [-0.3, -0.25) is 0 Å². The molecule has 0 radical (unpaired) electrons. The van der Waals surface area contributed by atoms with E-state index in [1.165, 1.54) is 26.9 Å². The maximum absolute atomic E-state index is 6.64. The number of furan rings is 1. The lowest BCUT2D eigenvalue weighted by molar-refractivity contribution is 0.378. The second-order valence-electron chi connectivity index (χ2n) is 14.8. The van der Waals surface area contributed by atoms with Crippen LogP contribution in [-0.2, 0) is 0 Å².